The van der Waals surface area contributed by atoms with Crippen molar-refractivity contribution in [2.24, 2.45) is 0 Å². The molecular weight excluding hydrogens is 239 g/mol. The Morgan fingerprint density at radius 1 is 1.35 bits per heavy atom. The largest absolute Gasteiger partial charge is 0.481 e. The Morgan fingerprint density at radius 2 is 2.06 bits per heavy atom. The van der Waals surface area contributed by atoms with Crippen LogP contribution in [0.4, 0.5) is 13.2 Å². The van der Waals surface area contributed by atoms with Crippen LogP contribution in [-0.4, -0.2) is 21.5 Å². The van der Waals surface area contributed by atoms with E-state index in [4.69, 9.17) is 4.74 Å². The van der Waals surface area contributed by atoms with Gasteiger partial charge in [0.2, 0.25) is 11.7 Å². The van der Waals surface area contributed by atoms with Gasteiger partial charge in [-0.3, -0.25) is 9.20 Å². The molecule has 0 saturated carbocycles. The van der Waals surface area contributed by atoms with E-state index in [2.05, 4.69) is 9.97 Å². The van der Waals surface area contributed by atoms with Crippen molar-refractivity contribution in [1.82, 2.24) is 14.4 Å². The molecule has 0 N–H and O–H groups in total. The minimum Gasteiger partial charge on any atom is -0.481 e. The summed E-state index contributed by atoms with van der Waals surface area (Å²) in [5.41, 5.74) is -2.12. The van der Waals surface area contributed by atoms with Crippen molar-refractivity contribution in [2.45, 2.75) is 6.18 Å². The highest BCUT2D eigenvalue weighted by molar-refractivity contribution is 5.32. The lowest BCUT2D eigenvalue weighted by Gasteiger charge is -2.07. The maximum absolute atomic E-state index is 12.4. The molecule has 0 aliphatic carbocycles. The van der Waals surface area contributed by atoms with Gasteiger partial charge in [-0.25, -0.2) is 4.98 Å². The first kappa shape index (κ1) is 11.4. The molecule has 0 unspecified atom stereocenters. The minimum atomic E-state index is -4.68. The smallest absolute Gasteiger partial charge is 0.433 e. The second-order valence-corrected chi connectivity index (χ2v) is 3.12. The van der Waals surface area contributed by atoms with Crippen molar-refractivity contribution in [2.75, 3.05) is 7.11 Å². The van der Waals surface area contributed by atoms with Crippen LogP contribution in [-0.2, 0) is 6.18 Å². The quantitative estimate of drug-likeness (QED) is 0.755. The summed E-state index contributed by atoms with van der Waals surface area (Å²) >= 11 is 0. The third-order valence-electron chi connectivity index (χ3n) is 2.01. The van der Waals surface area contributed by atoms with Crippen LogP contribution in [0.5, 0.6) is 5.88 Å². The van der Waals surface area contributed by atoms with Crippen LogP contribution >= 0.6 is 0 Å². The van der Waals surface area contributed by atoms with Crippen molar-refractivity contribution in [3.63, 3.8) is 0 Å². The van der Waals surface area contributed by atoms with Crippen LogP contribution in [0.15, 0.2) is 23.1 Å². The first-order valence-corrected chi connectivity index (χ1v) is 4.43. The van der Waals surface area contributed by atoms with E-state index in [-0.39, 0.29) is 11.7 Å². The zero-order valence-electron chi connectivity index (χ0n) is 8.52. The van der Waals surface area contributed by atoms with E-state index in [1.54, 1.807) is 0 Å². The van der Waals surface area contributed by atoms with E-state index < -0.39 is 17.4 Å². The van der Waals surface area contributed by atoms with E-state index in [1.807, 2.05) is 0 Å². The fourth-order valence-corrected chi connectivity index (χ4v) is 1.23. The molecule has 0 fully saturated rings. The Balaban J connectivity index is 2.75. The molecule has 0 spiro atoms. The monoisotopic (exact) mass is 245 g/mol. The van der Waals surface area contributed by atoms with Crippen LogP contribution in [0.3, 0.4) is 0 Å². The summed E-state index contributed by atoms with van der Waals surface area (Å²) in [7, 11) is 1.31. The van der Waals surface area contributed by atoms with Gasteiger partial charge in [0, 0.05) is 18.3 Å². The summed E-state index contributed by atoms with van der Waals surface area (Å²) in [6, 6.07) is 1.77. The van der Waals surface area contributed by atoms with Gasteiger partial charge >= 0.3 is 6.18 Å². The summed E-state index contributed by atoms with van der Waals surface area (Å²) in [6.45, 7) is 0. The number of halogens is 3. The van der Waals surface area contributed by atoms with Gasteiger partial charge in [0.05, 0.1) is 7.11 Å². The highest BCUT2D eigenvalue weighted by atomic mass is 19.4. The Hall–Kier alpha value is -2.12. The van der Waals surface area contributed by atoms with E-state index in [9.17, 15) is 18.0 Å². The standard InChI is InChI=1S/C9H6F3N3O2/c1-17-6-2-3-15-7(16)4-5(9(10,11)12)13-8(15)14-6/h2-4H,1H3. The molecule has 0 aliphatic heterocycles. The number of methoxy groups -OCH3 is 1. The zero-order valence-corrected chi connectivity index (χ0v) is 8.52. The molecule has 5 nitrogen and oxygen atoms in total. The van der Waals surface area contributed by atoms with Crippen molar-refractivity contribution in [3.8, 4) is 5.88 Å². The van der Waals surface area contributed by atoms with Gasteiger partial charge < -0.3 is 4.74 Å². The van der Waals surface area contributed by atoms with E-state index in [1.165, 1.54) is 19.4 Å². The molecule has 0 bridgehead atoms. The fourth-order valence-electron chi connectivity index (χ4n) is 1.23. The molecule has 17 heavy (non-hydrogen) atoms. The fraction of sp³-hybridized carbons (Fsp3) is 0.222. The Bertz CT molecular complexity index is 621. The molecule has 2 heterocycles. The predicted molar refractivity (Wildman–Crippen MR) is 50.8 cm³/mol. The van der Waals surface area contributed by atoms with Crippen molar-refractivity contribution in [3.05, 3.63) is 34.4 Å². The highest BCUT2D eigenvalue weighted by Gasteiger charge is 2.33. The molecule has 8 heteroatoms. The number of aromatic nitrogens is 3. The first-order chi connectivity index (χ1) is 7.91. The molecule has 0 aromatic carbocycles. The van der Waals surface area contributed by atoms with Crippen LogP contribution in [0.25, 0.3) is 5.78 Å². The number of rotatable bonds is 1. The van der Waals surface area contributed by atoms with Gasteiger partial charge in [0.25, 0.3) is 5.56 Å². The zero-order chi connectivity index (χ0) is 12.6. The second kappa shape index (κ2) is 3.72. The van der Waals surface area contributed by atoms with Crippen molar-refractivity contribution < 1.29 is 17.9 Å². The Labute approximate surface area is 92.5 Å². The maximum Gasteiger partial charge on any atom is 0.433 e. The summed E-state index contributed by atoms with van der Waals surface area (Å²) in [5, 5.41) is 0. The second-order valence-electron chi connectivity index (χ2n) is 3.12. The lowest BCUT2D eigenvalue weighted by molar-refractivity contribution is -0.141. The lowest BCUT2D eigenvalue weighted by Crippen LogP contribution is -2.20. The van der Waals surface area contributed by atoms with Crippen LogP contribution in [0.2, 0.25) is 0 Å². The summed E-state index contributed by atoms with van der Waals surface area (Å²) in [6.07, 6.45) is -3.44. The predicted octanol–water partition coefficient (Wildman–Crippen LogP) is 1.12. The Kier molecular flexibility index (Phi) is 2.49. The average molecular weight is 245 g/mol. The molecule has 2 rings (SSSR count). The van der Waals surface area contributed by atoms with Gasteiger partial charge in [0.1, 0.15) is 0 Å². The minimum absolute atomic E-state index is 0.0798. The van der Waals surface area contributed by atoms with Gasteiger partial charge in [-0.1, -0.05) is 0 Å². The van der Waals surface area contributed by atoms with Gasteiger partial charge in [-0.15, -0.1) is 0 Å². The third-order valence-corrected chi connectivity index (χ3v) is 2.01. The molecule has 2 aromatic rings. The first-order valence-electron chi connectivity index (χ1n) is 4.43. The topological polar surface area (TPSA) is 56.5 Å². The summed E-state index contributed by atoms with van der Waals surface area (Å²) < 4.78 is 42.9. The molecule has 0 aliphatic rings. The summed E-state index contributed by atoms with van der Waals surface area (Å²) in [5.74, 6) is -0.277. The van der Waals surface area contributed by atoms with E-state index >= 15 is 0 Å². The number of nitrogens with zero attached hydrogens (tertiary/aromatic N) is 3. The average Bonchev–Trinajstić information content (AvgIpc) is 2.27. The number of ether oxygens (including phenoxy) is 1. The molecule has 2 aromatic heterocycles. The van der Waals surface area contributed by atoms with Crippen molar-refractivity contribution >= 4 is 5.78 Å². The molecule has 0 radical (unpaired) electrons. The molecule has 0 atom stereocenters. The molecule has 0 amide bonds. The van der Waals surface area contributed by atoms with Gasteiger partial charge in [-0.2, -0.15) is 18.2 Å². The van der Waals surface area contributed by atoms with E-state index in [0.717, 1.165) is 4.40 Å². The summed E-state index contributed by atoms with van der Waals surface area (Å²) in [4.78, 5) is 18.3. The molecule has 90 valence electrons. The number of alkyl halides is 3. The molecule has 0 saturated heterocycles. The lowest BCUT2D eigenvalue weighted by atomic mass is 10.4. The van der Waals surface area contributed by atoms with Crippen LogP contribution in [0.1, 0.15) is 5.69 Å². The SMILES string of the molecule is COc1ccn2c(=O)cc(C(F)(F)F)nc2n1. The normalized spacial score (nSPS) is 11.8. The third kappa shape index (κ3) is 2.05. The maximum atomic E-state index is 12.4. The van der Waals surface area contributed by atoms with Gasteiger partial charge in [0.15, 0.2) is 5.69 Å². The van der Waals surface area contributed by atoms with Gasteiger partial charge in [-0.05, 0) is 0 Å². The number of hydrogen-bond acceptors (Lipinski definition) is 4. The Morgan fingerprint density at radius 3 is 2.65 bits per heavy atom. The van der Waals surface area contributed by atoms with Crippen LogP contribution < -0.4 is 10.3 Å². The van der Waals surface area contributed by atoms with E-state index in [0.29, 0.717) is 6.07 Å². The molecular formula is C9H6F3N3O2. The highest BCUT2D eigenvalue weighted by Crippen LogP contribution is 2.26. The van der Waals surface area contributed by atoms with Crippen LogP contribution in [0, 0.1) is 0 Å². The van der Waals surface area contributed by atoms with Crippen molar-refractivity contribution in [1.29, 1.82) is 0 Å². The number of hydrogen-bond donors (Lipinski definition) is 0. The number of fused-ring (bicyclic) bond motifs is 1.